The molecule has 1 amide bonds. The molecule has 0 spiro atoms. The van der Waals surface area contributed by atoms with E-state index in [1.807, 2.05) is 18.4 Å². The maximum absolute atomic E-state index is 12.1. The van der Waals surface area contributed by atoms with E-state index >= 15 is 0 Å². The van der Waals surface area contributed by atoms with E-state index in [1.165, 1.54) is 6.42 Å². The second kappa shape index (κ2) is 5.76. The number of carbonyl (C=O) groups excluding carboxylic acids is 1. The number of pyridine rings is 1. The molecule has 6 nitrogen and oxygen atoms in total. The Morgan fingerprint density at radius 1 is 1.45 bits per heavy atom. The monoisotopic (exact) mass is 297 g/mol. The summed E-state index contributed by atoms with van der Waals surface area (Å²) in [4.78, 5) is 24.3. The van der Waals surface area contributed by atoms with Gasteiger partial charge >= 0.3 is 0 Å². The first-order valence-electron chi connectivity index (χ1n) is 7.64. The highest BCUT2D eigenvalue weighted by molar-refractivity contribution is 5.91. The molecular weight excluding hydrogens is 278 g/mol. The largest absolute Gasteiger partial charge is 0.361 e. The molecule has 2 aromatic heterocycles. The lowest BCUT2D eigenvalue weighted by molar-refractivity contribution is -0.116. The van der Waals surface area contributed by atoms with Crippen LogP contribution in [0.5, 0.6) is 0 Å². The number of hydrogen-bond acceptors (Lipinski definition) is 3. The van der Waals surface area contributed by atoms with Crippen molar-refractivity contribution in [3.05, 3.63) is 23.5 Å². The Kier molecular flexibility index (Phi) is 3.80. The zero-order valence-electron chi connectivity index (χ0n) is 12.8. The average Bonchev–Trinajstić information content (AvgIpc) is 2.73. The van der Waals surface area contributed by atoms with Crippen molar-refractivity contribution in [2.24, 2.45) is 5.92 Å². The highest BCUT2D eigenvalue weighted by Gasteiger charge is 2.27. The molecule has 0 atom stereocenters. The second-order valence-electron chi connectivity index (χ2n) is 6.16. The van der Waals surface area contributed by atoms with Crippen molar-refractivity contribution < 1.29 is 4.79 Å². The molecular formula is C16H19N5O. The summed E-state index contributed by atoms with van der Waals surface area (Å²) >= 11 is 0. The summed E-state index contributed by atoms with van der Waals surface area (Å²) in [6, 6.07) is 3.77. The van der Waals surface area contributed by atoms with Gasteiger partial charge in [0.15, 0.2) is 0 Å². The minimum Gasteiger partial charge on any atom is -0.361 e. The molecule has 1 fully saturated rings. The molecule has 0 aliphatic heterocycles. The van der Waals surface area contributed by atoms with Gasteiger partial charge in [-0.3, -0.25) is 14.7 Å². The van der Waals surface area contributed by atoms with E-state index in [1.54, 1.807) is 12.1 Å². The van der Waals surface area contributed by atoms with Gasteiger partial charge in [0, 0.05) is 12.5 Å². The van der Waals surface area contributed by atoms with Gasteiger partial charge in [0.05, 0.1) is 0 Å². The zero-order chi connectivity index (χ0) is 15.7. The Bertz CT molecular complexity index is 752. The maximum atomic E-state index is 12.1. The normalized spacial score (nSPS) is 14.8. The summed E-state index contributed by atoms with van der Waals surface area (Å²) < 4.78 is 1.99. The lowest BCUT2D eigenvalue weighted by Crippen LogP contribution is -2.22. The SMILES string of the molecule is [C-]#[N+]c1ccc2nc(NC(=O)CC(C)C)n(C3CCC3)c2n1. The van der Waals surface area contributed by atoms with Crippen molar-refractivity contribution in [2.75, 3.05) is 5.32 Å². The van der Waals surface area contributed by atoms with Crippen LogP contribution in [0.25, 0.3) is 16.0 Å². The number of imidazole rings is 1. The van der Waals surface area contributed by atoms with Crippen LogP contribution in [0.3, 0.4) is 0 Å². The van der Waals surface area contributed by atoms with Crippen molar-refractivity contribution in [3.63, 3.8) is 0 Å². The lowest BCUT2D eigenvalue weighted by atomic mass is 9.93. The molecule has 0 unspecified atom stereocenters. The first-order chi connectivity index (χ1) is 10.6. The third-order valence-electron chi connectivity index (χ3n) is 3.92. The van der Waals surface area contributed by atoms with Crippen molar-refractivity contribution in [2.45, 2.75) is 45.6 Å². The summed E-state index contributed by atoms with van der Waals surface area (Å²) in [5.41, 5.74) is 1.41. The van der Waals surface area contributed by atoms with Crippen LogP contribution in [0, 0.1) is 12.5 Å². The highest BCUT2D eigenvalue weighted by atomic mass is 16.1. The van der Waals surface area contributed by atoms with Gasteiger partial charge in [-0.25, -0.2) is 4.98 Å². The summed E-state index contributed by atoms with van der Waals surface area (Å²) in [7, 11) is 0. The summed E-state index contributed by atoms with van der Waals surface area (Å²) in [6.07, 6.45) is 3.76. The van der Waals surface area contributed by atoms with Crippen LogP contribution in [-0.2, 0) is 4.79 Å². The van der Waals surface area contributed by atoms with E-state index in [0.29, 0.717) is 35.8 Å². The van der Waals surface area contributed by atoms with Crippen LogP contribution in [-0.4, -0.2) is 20.4 Å². The first kappa shape index (κ1) is 14.5. The van der Waals surface area contributed by atoms with E-state index in [-0.39, 0.29) is 5.91 Å². The Morgan fingerprint density at radius 3 is 2.82 bits per heavy atom. The minimum absolute atomic E-state index is 0.0312. The van der Waals surface area contributed by atoms with E-state index in [4.69, 9.17) is 6.57 Å². The molecule has 1 aliphatic carbocycles. The second-order valence-corrected chi connectivity index (χ2v) is 6.16. The molecule has 2 aromatic rings. The molecule has 0 saturated heterocycles. The molecule has 2 heterocycles. The molecule has 0 aromatic carbocycles. The number of fused-ring (bicyclic) bond motifs is 1. The third-order valence-corrected chi connectivity index (χ3v) is 3.92. The summed E-state index contributed by atoms with van der Waals surface area (Å²) in [6.45, 7) is 11.1. The van der Waals surface area contributed by atoms with Crippen molar-refractivity contribution in [1.29, 1.82) is 0 Å². The zero-order valence-corrected chi connectivity index (χ0v) is 12.8. The third kappa shape index (κ3) is 2.67. The van der Waals surface area contributed by atoms with Crippen molar-refractivity contribution >= 4 is 28.8 Å². The Labute approximate surface area is 129 Å². The quantitative estimate of drug-likeness (QED) is 0.875. The number of nitrogens with zero attached hydrogens (tertiary/aromatic N) is 4. The predicted molar refractivity (Wildman–Crippen MR) is 84.8 cm³/mol. The summed E-state index contributed by atoms with van der Waals surface area (Å²) in [5.74, 6) is 1.18. The van der Waals surface area contributed by atoms with Crippen LogP contribution in [0.15, 0.2) is 12.1 Å². The summed E-state index contributed by atoms with van der Waals surface area (Å²) in [5, 5.41) is 2.91. The smallest absolute Gasteiger partial charge is 0.271 e. The lowest BCUT2D eigenvalue weighted by Gasteiger charge is -2.27. The van der Waals surface area contributed by atoms with Crippen LogP contribution < -0.4 is 5.32 Å². The number of carbonyl (C=O) groups is 1. The number of nitrogens with one attached hydrogen (secondary N) is 1. The molecule has 6 heteroatoms. The van der Waals surface area contributed by atoms with Gasteiger partial charge in [0.1, 0.15) is 5.52 Å². The average molecular weight is 297 g/mol. The number of amides is 1. The molecule has 114 valence electrons. The van der Waals surface area contributed by atoms with E-state index in [0.717, 1.165) is 18.4 Å². The van der Waals surface area contributed by atoms with Crippen LogP contribution >= 0.6 is 0 Å². The standard InChI is InChI=1S/C16H19N5O/c1-10(2)9-14(22)20-16-18-12-7-8-13(17-3)19-15(12)21(16)11-5-4-6-11/h7-8,10-11H,4-6,9H2,1-2H3,(H,18,20,22). The van der Waals surface area contributed by atoms with Gasteiger partial charge in [0.2, 0.25) is 11.9 Å². The van der Waals surface area contributed by atoms with Crippen molar-refractivity contribution in [3.8, 4) is 0 Å². The number of rotatable bonds is 4. The van der Waals surface area contributed by atoms with Gasteiger partial charge in [-0.05, 0) is 37.3 Å². The molecule has 0 radical (unpaired) electrons. The fraction of sp³-hybridized carbons (Fsp3) is 0.500. The van der Waals surface area contributed by atoms with Gasteiger partial charge in [0.25, 0.3) is 11.5 Å². The minimum atomic E-state index is -0.0312. The predicted octanol–water partition coefficient (Wildman–Crippen LogP) is 3.69. The van der Waals surface area contributed by atoms with Gasteiger partial charge < -0.3 is 4.85 Å². The van der Waals surface area contributed by atoms with E-state index < -0.39 is 0 Å². The van der Waals surface area contributed by atoms with Gasteiger partial charge in [-0.15, -0.1) is 0 Å². The van der Waals surface area contributed by atoms with Crippen LogP contribution in [0.4, 0.5) is 11.8 Å². The molecule has 0 bridgehead atoms. The molecule has 3 rings (SSSR count). The molecule has 1 saturated carbocycles. The van der Waals surface area contributed by atoms with Gasteiger partial charge in [-0.1, -0.05) is 25.4 Å². The first-order valence-corrected chi connectivity index (χ1v) is 7.64. The van der Waals surface area contributed by atoms with E-state index in [9.17, 15) is 4.79 Å². The Morgan fingerprint density at radius 2 is 2.23 bits per heavy atom. The number of anilines is 1. The highest BCUT2D eigenvalue weighted by Crippen LogP contribution is 2.37. The fourth-order valence-electron chi connectivity index (χ4n) is 2.65. The maximum Gasteiger partial charge on any atom is 0.271 e. The topological polar surface area (TPSA) is 64.2 Å². The Balaban J connectivity index is 2.01. The molecule has 22 heavy (non-hydrogen) atoms. The van der Waals surface area contributed by atoms with Crippen molar-refractivity contribution in [1.82, 2.24) is 14.5 Å². The Hall–Kier alpha value is -2.42. The molecule has 1 N–H and O–H groups in total. The van der Waals surface area contributed by atoms with Crippen LogP contribution in [0.2, 0.25) is 0 Å². The fourth-order valence-corrected chi connectivity index (χ4v) is 2.65. The molecule has 1 aliphatic rings. The van der Waals surface area contributed by atoms with E-state index in [2.05, 4.69) is 20.1 Å². The number of hydrogen-bond donors (Lipinski definition) is 1. The van der Waals surface area contributed by atoms with Gasteiger partial charge in [-0.2, -0.15) is 0 Å². The van der Waals surface area contributed by atoms with Crippen LogP contribution in [0.1, 0.15) is 45.6 Å². The number of aromatic nitrogens is 3.